The summed E-state index contributed by atoms with van der Waals surface area (Å²) in [6.45, 7) is 0. The summed E-state index contributed by atoms with van der Waals surface area (Å²) >= 11 is 10.7. The molecule has 0 unspecified atom stereocenters. The largest absolute Gasteiger partial charge is 0.291 e. The van der Waals surface area contributed by atoms with Crippen LogP contribution in [0.3, 0.4) is 0 Å². The maximum Gasteiger partial charge on any atom is 0.291 e. The highest BCUT2D eigenvalue weighted by Gasteiger charge is 2.27. The molecular formula is C8H6Cl2FNO4S. The molecule has 9 heteroatoms. The van der Waals surface area contributed by atoms with Gasteiger partial charge in [-0.05, 0) is 6.07 Å². The third-order valence-electron chi connectivity index (χ3n) is 1.88. The van der Waals surface area contributed by atoms with Gasteiger partial charge in [0, 0.05) is 5.88 Å². The van der Waals surface area contributed by atoms with E-state index in [0.717, 1.165) is 6.07 Å². The standard InChI is InChI=1S/C8H6Cl2FNO4S/c9-1-2-17(15,16)8-3-5(10)6(11)4-7(8)12(13)14/h3-4H,1-2H2. The zero-order valence-electron chi connectivity index (χ0n) is 8.19. The summed E-state index contributed by atoms with van der Waals surface area (Å²) in [5.41, 5.74) is -0.850. The highest BCUT2D eigenvalue weighted by molar-refractivity contribution is 7.91. The number of hydrogen-bond donors (Lipinski definition) is 0. The monoisotopic (exact) mass is 301 g/mol. The molecule has 0 radical (unpaired) electrons. The van der Waals surface area contributed by atoms with Gasteiger partial charge >= 0.3 is 0 Å². The summed E-state index contributed by atoms with van der Waals surface area (Å²) in [5, 5.41) is 10.1. The van der Waals surface area contributed by atoms with E-state index in [1.54, 1.807) is 0 Å². The summed E-state index contributed by atoms with van der Waals surface area (Å²) in [6.07, 6.45) is 0. The summed E-state index contributed by atoms with van der Waals surface area (Å²) < 4.78 is 36.3. The average Bonchev–Trinajstić information content (AvgIpc) is 2.20. The second kappa shape index (κ2) is 5.16. The first kappa shape index (κ1) is 14.1. The molecule has 0 aliphatic carbocycles. The van der Waals surface area contributed by atoms with Gasteiger partial charge in [-0.25, -0.2) is 12.8 Å². The van der Waals surface area contributed by atoms with Crippen molar-refractivity contribution in [2.75, 3.05) is 11.6 Å². The quantitative estimate of drug-likeness (QED) is 0.370. The molecule has 0 saturated heterocycles. The van der Waals surface area contributed by atoms with Gasteiger partial charge in [0.05, 0.1) is 21.8 Å². The molecule has 0 bridgehead atoms. The molecule has 0 aliphatic heterocycles. The first-order valence-electron chi connectivity index (χ1n) is 4.21. The smallest absolute Gasteiger partial charge is 0.258 e. The van der Waals surface area contributed by atoms with E-state index in [1.807, 2.05) is 0 Å². The molecule has 94 valence electrons. The molecule has 0 spiro atoms. The van der Waals surface area contributed by atoms with Crippen molar-refractivity contribution in [2.24, 2.45) is 0 Å². The van der Waals surface area contributed by atoms with Crippen LogP contribution < -0.4 is 0 Å². The minimum absolute atomic E-state index is 0.228. The van der Waals surface area contributed by atoms with E-state index in [0.29, 0.717) is 6.07 Å². The number of nitro benzene ring substituents is 1. The summed E-state index contributed by atoms with van der Waals surface area (Å²) in [4.78, 5) is 9.02. The molecule has 0 aliphatic rings. The molecule has 0 heterocycles. The fourth-order valence-corrected chi connectivity index (χ4v) is 3.13. The molecule has 1 aromatic rings. The Bertz CT molecular complexity index is 561. The van der Waals surface area contributed by atoms with Gasteiger partial charge in [-0.1, -0.05) is 11.6 Å². The van der Waals surface area contributed by atoms with Crippen molar-refractivity contribution in [2.45, 2.75) is 4.90 Å². The van der Waals surface area contributed by atoms with E-state index in [9.17, 15) is 22.9 Å². The summed E-state index contributed by atoms with van der Waals surface area (Å²) in [7, 11) is -3.95. The number of benzene rings is 1. The third-order valence-corrected chi connectivity index (χ3v) is 4.32. The van der Waals surface area contributed by atoms with Crippen LogP contribution in [0.2, 0.25) is 5.02 Å². The lowest BCUT2D eigenvalue weighted by molar-refractivity contribution is -0.388. The van der Waals surface area contributed by atoms with Crippen molar-refractivity contribution in [3.05, 3.63) is 33.1 Å². The maximum absolute atomic E-state index is 13.0. The van der Waals surface area contributed by atoms with Crippen molar-refractivity contribution in [1.82, 2.24) is 0 Å². The van der Waals surface area contributed by atoms with Gasteiger partial charge in [-0.3, -0.25) is 10.1 Å². The molecule has 0 N–H and O–H groups in total. The van der Waals surface area contributed by atoms with Crippen LogP contribution in [0.15, 0.2) is 17.0 Å². The molecule has 0 atom stereocenters. The number of alkyl halides is 1. The van der Waals surface area contributed by atoms with Gasteiger partial charge in [0.25, 0.3) is 5.69 Å². The number of nitrogens with zero attached hydrogens (tertiary/aromatic N) is 1. The van der Waals surface area contributed by atoms with Crippen LogP contribution in [-0.4, -0.2) is 25.0 Å². The van der Waals surface area contributed by atoms with Gasteiger partial charge in [0.1, 0.15) is 10.7 Å². The first-order valence-corrected chi connectivity index (χ1v) is 6.78. The highest BCUT2D eigenvalue weighted by Crippen LogP contribution is 2.30. The number of halogens is 3. The Morgan fingerprint density at radius 1 is 1.41 bits per heavy atom. The number of rotatable bonds is 4. The predicted octanol–water partition coefficient (Wildman–Crippen LogP) is 2.40. The maximum atomic E-state index is 13.0. The van der Waals surface area contributed by atoms with Crippen LogP contribution in [0.1, 0.15) is 0 Å². The van der Waals surface area contributed by atoms with Gasteiger partial charge < -0.3 is 0 Å². The Balaban J connectivity index is 3.52. The fraction of sp³-hybridized carbons (Fsp3) is 0.250. The number of nitro groups is 1. The average molecular weight is 302 g/mol. The Morgan fingerprint density at radius 2 is 2.00 bits per heavy atom. The van der Waals surface area contributed by atoms with E-state index >= 15 is 0 Å². The lowest BCUT2D eigenvalue weighted by Gasteiger charge is -2.04. The lowest BCUT2D eigenvalue weighted by atomic mass is 10.3. The minimum Gasteiger partial charge on any atom is -0.258 e. The van der Waals surface area contributed by atoms with Gasteiger partial charge in [0.2, 0.25) is 0 Å². The fourth-order valence-electron chi connectivity index (χ4n) is 1.12. The Labute approximate surface area is 106 Å². The van der Waals surface area contributed by atoms with Crippen LogP contribution in [-0.2, 0) is 9.84 Å². The van der Waals surface area contributed by atoms with Crippen LogP contribution in [0.25, 0.3) is 0 Å². The summed E-state index contributed by atoms with van der Waals surface area (Å²) in [5.74, 6) is -1.77. The molecule has 0 aromatic heterocycles. The molecule has 17 heavy (non-hydrogen) atoms. The van der Waals surface area contributed by atoms with E-state index in [-0.39, 0.29) is 5.88 Å². The van der Waals surface area contributed by atoms with Crippen molar-refractivity contribution < 1.29 is 17.7 Å². The molecule has 1 aromatic carbocycles. The molecule has 1 rings (SSSR count). The van der Waals surface area contributed by atoms with Gasteiger partial charge in [0.15, 0.2) is 9.84 Å². The van der Waals surface area contributed by atoms with Crippen LogP contribution >= 0.6 is 23.2 Å². The Hall–Kier alpha value is -0.920. The zero-order valence-corrected chi connectivity index (χ0v) is 10.5. The van der Waals surface area contributed by atoms with Crippen LogP contribution in [0.4, 0.5) is 10.1 Å². The second-order valence-corrected chi connectivity index (χ2v) is 5.86. The molecule has 5 nitrogen and oxygen atoms in total. The van der Waals surface area contributed by atoms with Crippen molar-refractivity contribution in [3.63, 3.8) is 0 Å². The predicted molar refractivity (Wildman–Crippen MR) is 60.8 cm³/mol. The second-order valence-electron chi connectivity index (χ2n) is 3.00. The van der Waals surface area contributed by atoms with Crippen molar-refractivity contribution in [1.29, 1.82) is 0 Å². The van der Waals surface area contributed by atoms with Crippen LogP contribution in [0, 0.1) is 15.9 Å². The van der Waals surface area contributed by atoms with Crippen LogP contribution in [0.5, 0.6) is 0 Å². The SMILES string of the molecule is O=[N+]([O-])c1cc(F)c(Cl)cc1S(=O)(=O)CCCl. The van der Waals surface area contributed by atoms with Gasteiger partial charge in [-0.15, -0.1) is 11.6 Å². The number of hydrogen-bond acceptors (Lipinski definition) is 4. The molecular weight excluding hydrogens is 296 g/mol. The normalized spacial score (nSPS) is 11.5. The topological polar surface area (TPSA) is 77.3 Å². The third kappa shape index (κ3) is 3.05. The molecule has 0 fully saturated rings. The molecule has 0 amide bonds. The van der Waals surface area contributed by atoms with E-state index in [1.165, 1.54) is 0 Å². The minimum atomic E-state index is -3.95. The van der Waals surface area contributed by atoms with E-state index < -0.39 is 41.9 Å². The number of sulfone groups is 1. The first-order chi connectivity index (χ1) is 7.79. The van der Waals surface area contributed by atoms with E-state index in [2.05, 4.69) is 0 Å². The van der Waals surface area contributed by atoms with E-state index in [4.69, 9.17) is 23.2 Å². The Morgan fingerprint density at radius 3 is 2.47 bits per heavy atom. The summed E-state index contributed by atoms with van der Waals surface area (Å²) in [6, 6.07) is 1.19. The van der Waals surface area contributed by atoms with Crippen molar-refractivity contribution >= 4 is 38.7 Å². The highest BCUT2D eigenvalue weighted by atomic mass is 35.5. The Kier molecular flexibility index (Phi) is 4.29. The molecule has 0 saturated carbocycles. The van der Waals surface area contributed by atoms with Crippen molar-refractivity contribution in [3.8, 4) is 0 Å². The van der Waals surface area contributed by atoms with Gasteiger partial charge in [-0.2, -0.15) is 0 Å². The lowest BCUT2D eigenvalue weighted by Crippen LogP contribution is -2.11. The zero-order chi connectivity index (χ0) is 13.2.